The Hall–Kier alpha value is -2.82. The maximum Gasteiger partial charge on any atom is 0.321 e. The molecule has 5 heteroatoms. The molecule has 3 amide bonds. The Labute approximate surface area is 149 Å². The van der Waals surface area contributed by atoms with E-state index in [4.69, 9.17) is 0 Å². The zero-order valence-electron chi connectivity index (χ0n) is 15.2. The highest BCUT2D eigenvalue weighted by atomic mass is 16.2. The summed E-state index contributed by atoms with van der Waals surface area (Å²) in [4.78, 5) is 26.2. The van der Waals surface area contributed by atoms with Gasteiger partial charge in [-0.1, -0.05) is 36.4 Å². The van der Waals surface area contributed by atoms with E-state index in [2.05, 4.69) is 10.6 Å². The number of carbonyl (C=O) groups excluding carboxylic acids is 2. The van der Waals surface area contributed by atoms with Gasteiger partial charge in [0.1, 0.15) is 0 Å². The number of rotatable bonds is 4. The van der Waals surface area contributed by atoms with Crippen LogP contribution in [-0.2, 0) is 6.54 Å². The van der Waals surface area contributed by atoms with Crippen molar-refractivity contribution < 1.29 is 9.59 Å². The minimum Gasteiger partial charge on any atom is -0.347 e. The number of anilines is 1. The second-order valence-electron chi connectivity index (χ2n) is 7.06. The summed E-state index contributed by atoms with van der Waals surface area (Å²) in [5, 5.41) is 5.74. The van der Waals surface area contributed by atoms with E-state index >= 15 is 0 Å². The number of amides is 3. The summed E-state index contributed by atoms with van der Waals surface area (Å²) in [6.45, 7) is 6.29. The van der Waals surface area contributed by atoms with Crippen molar-refractivity contribution in [3.63, 3.8) is 0 Å². The Balaban J connectivity index is 2.01. The van der Waals surface area contributed by atoms with Crippen LogP contribution in [-0.4, -0.2) is 29.4 Å². The molecular formula is C20H25N3O2. The van der Waals surface area contributed by atoms with Crippen LogP contribution in [0.4, 0.5) is 10.5 Å². The zero-order chi connectivity index (χ0) is 18.4. The summed E-state index contributed by atoms with van der Waals surface area (Å²) < 4.78 is 0. The van der Waals surface area contributed by atoms with Crippen LogP contribution in [0.3, 0.4) is 0 Å². The van der Waals surface area contributed by atoms with Gasteiger partial charge in [0.25, 0.3) is 5.91 Å². The second kappa shape index (κ2) is 7.83. The lowest BCUT2D eigenvalue weighted by Crippen LogP contribution is -2.40. The first-order valence-electron chi connectivity index (χ1n) is 8.23. The standard InChI is InChI=1S/C20H25N3O2/c1-20(2,3)22-18(24)16-11-8-12-17(13-16)21-19(25)23(4)14-15-9-6-5-7-10-15/h5-13H,14H2,1-4H3,(H,21,25)(H,22,24). The molecule has 0 aliphatic heterocycles. The van der Waals surface area contributed by atoms with Gasteiger partial charge in [0, 0.05) is 30.4 Å². The molecule has 2 aromatic rings. The largest absolute Gasteiger partial charge is 0.347 e. The molecule has 132 valence electrons. The fraction of sp³-hybridized carbons (Fsp3) is 0.300. The third-order valence-electron chi connectivity index (χ3n) is 3.47. The van der Waals surface area contributed by atoms with Gasteiger partial charge in [-0.25, -0.2) is 4.79 Å². The van der Waals surface area contributed by atoms with E-state index in [1.54, 1.807) is 36.2 Å². The van der Waals surface area contributed by atoms with Crippen molar-refractivity contribution in [1.29, 1.82) is 0 Å². The quantitative estimate of drug-likeness (QED) is 0.888. The fourth-order valence-electron chi connectivity index (χ4n) is 2.30. The number of benzene rings is 2. The van der Waals surface area contributed by atoms with Gasteiger partial charge in [-0.15, -0.1) is 0 Å². The van der Waals surface area contributed by atoms with E-state index in [9.17, 15) is 9.59 Å². The molecule has 0 saturated carbocycles. The summed E-state index contributed by atoms with van der Waals surface area (Å²) in [5.74, 6) is -0.166. The van der Waals surface area contributed by atoms with Gasteiger partial charge < -0.3 is 15.5 Å². The minimum absolute atomic E-state index is 0.166. The van der Waals surface area contributed by atoms with E-state index in [1.165, 1.54) is 0 Å². The predicted octanol–water partition coefficient (Wildman–Crippen LogP) is 3.88. The lowest BCUT2D eigenvalue weighted by atomic mass is 10.1. The molecule has 25 heavy (non-hydrogen) atoms. The van der Waals surface area contributed by atoms with Gasteiger partial charge in [0.15, 0.2) is 0 Å². The van der Waals surface area contributed by atoms with Crippen molar-refractivity contribution >= 4 is 17.6 Å². The molecule has 2 rings (SSSR count). The summed E-state index contributed by atoms with van der Waals surface area (Å²) in [5.41, 5.74) is 1.84. The van der Waals surface area contributed by atoms with Gasteiger partial charge >= 0.3 is 6.03 Å². The van der Waals surface area contributed by atoms with Gasteiger partial charge in [-0.3, -0.25) is 4.79 Å². The first kappa shape index (κ1) is 18.5. The third kappa shape index (κ3) is 5.95. The molecule has 2 aromatic carbocycles. The lowest BCUT2D eigenvalue weighted by Gasteiger charge is -2.21. The Kier molecular flexibility index (Phi) is 5.80. The number of hydrogen-bond donors (Lipinski definition) is 2. The van der Waals surface area contributed by atoms with E-state index in [1.807, 2.05) is 51.1 Å². The number of nitrogens with zero attached hydrogens (tertiary/aromatic N) is 1. The molecule has 0 saturated heterocycles. The molecule has 0 radical (unpaired) electrons. The average molecular weight is 339 g/mol. The highest BCUT2D eigenvalue weighted by Gasteiger charge is 2.16. The number of hydrogen-bond acceptors (Lipinski definition) is 2. The van der Waals surface area contributed by atoms with Crippen LogP contribution in [0.15, 0.2) is 54.6 Å². The van der Waals surface area contributed by atoms with Crippen LogP contribution in [0, 0.1) is 0 Å². The first-order chi connectivity index (χ1) is 11.7. The maximum absolute atomic E-state index is 12.3. The summed E-state index contributed by atoms with van der Waals surface area (Å²) >= 11 is 0. The van der Waals surface area contributed by atoms with Crippen molar-refractivity contribution in [1.82, 2.24) is 10.2 Å². The number of nitrogens with one attached hydrogen (secondary N) is 2. The number of urea groups is 1. The molecule has 0 bridgehead atoms. The van der Waals surface area contributed by atoms with Crippen LogP contribution < -0.4 is 10.6 Å². The van der Waals surface area contributed by atoms with E-state index < -0.39 is 0 Å². The third-order valence-corrected chi connectivity index (χ3v) is 3.47. The van der Waals surface area contributed by atoms with Gasteiger partial charge in [-0.05, 0) is 44.5 Å². The summed E-state index contributed by atoms with van der Waals surface area (Å²) in [6.07, 6.45) is 0. The molecule has 0 fully saturated rings. The van der Waals surface area contributed by atoms with Crippen LogP contribution in [0.5, 0.6) is 0 Å². The molecule has 2 N–H and O–H groups in total. The van der Waals surface area contributed by atoms with E-state index in [-0.39, 0.29) is 17.5 Å². The highest BCUT2D eigenvalue weighted by molar-refractivity contribution is 5.97. The smallest absolute Gasteiger partial charge is 0.321 e. The van der Waals surface area contributed by atoms with Crippen molar-refractivity contribution in [2.45, 2.75) is 32.9 Å². The van der Waals surface area contributed by atoms with E-state index in [0.717, 1.165) is 5.56 Å². The molecule has 5 nitrogen and oxygen atoms in total. The molecule has 0 spiro atoms. The summed E-state index contributed by atoms with van der Waals surface area (Å²) in [7, 11) is 1.73. The molecule has 0 aliphatic carbocycles. The van der Waals surface area contributed by atoms with Gasteiger partial charge in [0.2, 0.25) is 0 Å². The molecule has 0 aromatic heterocycles. The first-order valence-corrected chi connectivity index (χ1v) is 8.23. The zero-order valence-corrected chi connectivity index (χ0v) is 15.2. The van der Waals surface area contributed by atoms with Crippen LogP contribution >= 0.6 is 0 Å². The molecule has 0 unspecified atom stereocenters. The molecule has 0 heterocycles. The topological polar surface area (TPSA) is 61.4 Å². The van der Waals surface area contributed by atoms with Gasteiger partial charge in [0.05, 0.1) is 0 Å². The van der Waals surface area contributed by atoms with E-state index in [0.29, 0.717) is 17.8 Å². The maximum atomic E-state index is 12.3. The Bertz CT molecular complexity index is 736. The second-order valence-corrected chi connectivity index (χ2v) is 7.06. The Morgan fingerprint density at radius 2 is 1.68 bits per heavy atom. The normalized spacial score (nSPS) is 10.9. The van der Waals surface area contributed by atoms with Crippen LogP contribution in [0.1, 0.15) is 36.7 Å². The molecule has 0 atom stereocenters. The van der Waals surface area contributed by atoms with Crippen molar-refractivity contribution in [3.05, 3.63) is 65.7 Å². The SMILES string of the molecule is CN(Cc1ccccc1)C(=O)Nc1cccc(C(=O)NC(C)(C)C)c1. The highest BCUT2D eigenvalue weighted by Crippen LogP contribution is 2.13. The minimum atomic E-state index is -0.313. The van der Waals surface area contributed by atoms with Crippen molar-refractivity contribution in [2.24, 2.45) is 0 Å². The average Bonchev–Trinajstić information content (AvgIpc) is 2.54. The number of carbonyl (C=O) groups is 2. The van der Waals surface area contributed by atoms with Gasteiger partial charge in [-0.2, -0.15) is 0 Å². The fourth-order valence-corrected chi connectivity index (χ4v) is 2.30. The molecule has 0 aliphatic rings. The molecular weight excluding hydrogens is 314 g/mol. The Morgan fingerprint density at radius 3 is 2.32 bits per heavy atom. The van der Waals surface area contributed by atoms with Crippen LogP contribution in [0.25, 0.3) is 0 Å². The monoisotopic (exact) mass is 339 g/mol. The van der Waals surface area contributed by atoms with Crippen molar-refractivity contribution in [3.8, 4) is 0 Å². The van der Waals surface area contributed by atoms with Crippen LogP contribution in [0.2, 0.25) is 0 Å². The van der Waals surface area contributed by atoms with Crippen molar-refractivity contribution in [2.75, 3.05) is 12.4 Å². The predicted molar refractivity (Wildman–Crippen MR) is 101 cm³/mol. The lowest BCUT2D eigenvalue weighted by molar-refractivity contribution is 0.0919. The Morgan fingerprint density at radius 1 is 1.00 bits per heavy atom. The summed E-state index contributed by atoms with van der Waals surface area (Å²) in [6, 6.07) is 16.5.